The third-order valence-electron chi connectivity index (χ3n) is 4.96. The molecule has 1 aliphatic rings. The Labute approximate surface area is 182 Å². The van der Waals surface area contributed by atoms with Gasteiger partial charge in [-0.25, -0.2) is 0 Å². The van der Waals surface area contributed by atoms with Gasteiger partial charge in [0.2, 0.25) is 0 Å². The molecule has 1 heterocycles. The van der Waals surface area contributed by atoms with Crippen LogP contribution < -0.4 is 0 Å². The molecule has 0 aliphatic carbocycles. The number of non-ortho nitro benzene ring substituents is 1. The summed E-state index contributed by atoms with van der Waals surface area (Å²) >= 11 is 5.97. The molecule has 0 saturated carbocycles. The number of ketones is 1. The largest absolute Gasteiger partial charge is 0.507 e. The van der Waals surface area contributed by atoms with E-state index in [1.165, 1.54) is 47.4 Å². The van der Waals surface area contributed by atoms with Gasteiger partial charge in [-0.15, -0.1) is 0 Å². The number of Topliss-reactive ketones (excluding diaryl/α,β-unsaturated/α-hetero) is 1. The number of rotatable bonds is 6. The molecule has 9 nitrogen and oxygen atoms in total. The van der Waals surface area contributed by atoms with Gasteiger partial charge in [-0.1, -0.05) is 11.6 Å². The van der Waals surface area contributed by atoms with Crippen LogP contribution in [-0.2, 0) is 9.59 Å². The van der Waals surface area contributed by atoms with Crippen LogP contribution in [0.4, 0.5) is 5.69 Å². The highest BCUT2D eigenvalue weighted by Crippen LogP contribution is 2.41. The normalized spacial score (nSPS) is 18.1. The lowest BCUT2D eigenvalue weighted by Gasteiger charge is -2.26. The maximum Gasteiger partial charge on any atom is 0.295 e. The van der Waals surface area contributed by atoms with Crippen LogP contribution in [0.25, 0.3) is 5.76 Å². The zero-order chi connectivity index (χ0) is 22.9. The maximum absolute atomic E-state index is 12.9. The van der Waals surface area contributed by atoms with Crippen LogP contribution in [0.5, 0.6) is 5.75 Å². The first-order valence-corrected chi connectivity index (χ1v) is 9.66. The van der Waals surface area contributed by atoms with Gasteiger partial charge < -0.3 is 20.0 Å². The minimum absolute atomic E-state index is 0.0926. The molecule has 0 spiro atoms. The van der Waals surface area contributed by atoms with Gasteiger partial charge in [-0.05, 0) is 50.0 Å². The molecule has 162 valence electrons. The van der Waals surface area contributed by atoms with Crippen LogP contribution >= 0.6 is 11.6 Å². The van der Waals surface area contributed by atoms with E-state index in [2.05, 4.69) is 0 Å². The summed E-state index contributed by atoms with van der Waals surface area (Å²) in [7, 11) is 3.61. The van der Waals surface area contributed by atoms with E-state index in [1.807, 2.05) is 19.0 Å². The van der Waals surface area contributed by atoms with Crippen molar-refractivity contribution in [3.8, 4) is 5.75 Å². The van der Waals surface area contributed by atoms with E-state index in [0.717, 1.165) is 0 Å². The number of carbonyl (C=O) groups is 2. The number of aliphatic hydroxyl groups excluding tert-OH is 1. The Hall–Kier alpha value is -3.43. The lowest BCUT2D eigenvalue weighted by molar-refractivity contribution is -0.384. The van der Waals surface area contributed by atoms with Gasteiger partial charge >= 0.3 is 0 Å². The van der Waals surface area contributed by atoms with E-state index >= 15 is 0 Å². The van der Waals surface area contributed by atoms with Crippen LogP contribution in [0, 0.1) is 10.1 Å². The summed E-state index contributed by atoms with van der Waals surface area (Å²) in [6.45, 7) is 0.622. The van der Waals surface area contributed by atoms with Crippen LogP contribution in [0.15, 0.2) is 48.0 Å². The Morgan fingerprint density at radius 1 is 1.19 bits per heavy atom. The molecule has 0 aromatic heterocycles. The molecule has 1 amide bonds. The van der Waals surface area contributed by atoms with Gasteiger partial charge in [-0.2, -0.15) is 0 Å². The average molecular weight is 446 g/mol. The number of aliphatic hydroxyl groups is 1. The maximum atomic E-state index is 12.9. The van der Waals surface area contributed by atoms with Crippen molar-refractivity contribution in [1.29, 1.82) is 0 Å². The zero-order valence-electron chi connectivity index (χ0n) is 16.8. The van der Waals surface area contributed by atoms with E-state index in [-0.39, 0.29) is 34.1 Å². The van der Waals surface area contributed by atoms with Crippen LogP contribution in [0.1, 0.15) is 17.2 Å². The second-order valence-electron chi connectivity index (χ2n) is 7.31. The Morgan fingerprint density at radius 3 is 2.42 bits per heavy atom. The first-order chi connectivity index (χ1) is 14.6. The molecule has 1 saturated heterocycles. The van der Waals surface area contributed by atoms with Gasteiger partial charge in [0.15, 0.2) is 0 Å². The van der Waals surface area contributed by atoms with Crippen molar-refractivity contribution in [3.05, 3.63) is 74.3 Å². The van der Waals surface area contributed by atoms with Gasteiger partial charge in [-0.3, -0.25) is 19.7 Å². The molecule has 0 radical (unpaired) electrons. The minimum atomic E-state index is -0.987. The fraction of sp³-hybridized carbons (Fsp3) is 0.238. The second-order valence-corrected chi connectivity index (χ2v) is 7.74. The van der Waals surface area contributed by atoms with Crippen molar-refractivity contribution >= 4 is 34.7 Å². The summed E-state index contributed by atoms with van der Waals surface area (Å²) in [5, 5.41) is 32.3. The Balaban J connectivity index is 2.19. The number of amides is 1. The van der Waals surface area contributed by atoms with Crippen molar-refractivity contribution < 1.29 is 24.7 Å². The van der Waals surface area contributed by atoms with Crippen LogP contribution in [0.2, 0.25) is 5.02 Å². The molecular weight excluding hydrogens is 426 g/mol. The summed E-state index contributed by atoms with van der Waals surface area (Å²) < 4.78 is 0. The third kappa shape index (κ3) is 4.37. The Kier molecular flexibility index (Phi) is 6.28. The standard InChI is InChI=1S/C21H20ClN3O6/c1-23(2)9-10-24-18(12-3-6-14(7-4-12)25(30)31)17(20(28)21(24)29)19(27)15-11-13(22)5-8-16(15)26/h3-8,11,18,26-27H,9-10H2,1-2H3/t18-/m0/s1. The highest BCUT2D eigenvalue weighted by Gasteiger charge is 2.46. The smallest absolute Gasteiger partial charge is 0.295 e. The lowest BCUT2D eigenvalue weighted by Crippen LogP contribution is -2.35. The van der Waals surface area contributed by atoms with E-state index in [9.17, 15) is 29.9 Å². The fourth-order valence-corrected chi connectivity index (χ4v) is 3.56. The zero-order valence-corrected chi connectivity index (χ0v) is 17.5. The monoisotopic (exact) mass is 445 g/mol. The van der Waals surface area contributed by atoms with Gasteiger partial charge in [0, 0.05) is 30.2 Å². The number of nitrogens with zero attached hydrogens (tertiary/aromatic N) is 3. The number of nitro benzene ring substituents is 1. The van der Waals surface area contributed by atoms with Crippen molar-refractivity contribution in [2.75, 3.05) is 27.2 Å². The molecule has 2 N–H and O–H groups in total. The van der Waals surface area contributed by atoms with Crippen molar-refractivity contribution in [1.82, 2.24) is 9.80 Å². The number of carbonyl (C=O) groups excluding carboxylic acids is 2. The summed E-state index contributed by atoms with van der Waals surface area (Å²) in [6, 6.07) is 8.37. The van der Waals surface area contributed by atoms with Crippen molar-refractivity contribution in [3.63, 3.8) is 0 Å². The van der Waals surface area contributed by atoms with E-state index < -0.39 is 28.4 Å². The predicted octanol–water partition coefficient (Wildman–Crippen LogP) is 2.94. The molecular formula is C21H20ClN3O6. The molecule has 1 atom stereocenters. The van der Waals surface area contributed by atoms with Crippen LogP contribution in [-0.4, -0.2) is 63.8 Å². The molecule has 0 unspecified atom stereocenters. The summed E-state index contributed by atoms with van der Waals surface area (Å²) in [4.78, 5) is 39.2. The molecule has 31 heavy (non-hydrogen) atoms. The number of hydrogen-bond acceptors (Lipinski definition) is 7. The number of halogens is 1. The highest BCUT2D eigenvalue weighted by molar-refractivity contribution is 6.46. The Bertz CT molecular complexity index is 1080. The number of phenolic OH excluding ortho intramolecular Hbond substituents is 1. The van der Waals surface area contributed by atoms with E-state index in [1.54, 1.807) is 0 Å². The first kappa shape index (κ1) is 22.3. The Morgan fingerprint density at radius 2 is 1.84 bits per heavy atom. The first-order valence-electron chi connectivity index (χ1n) is 9.28. The molecule has 3 rings (SSSR count). The van der Waals surface area contributed by atoms with Crippen molar-refractivity contribution in [2.24, 2.45) is 0 Å². The quantitative estimate of drug-likeness (QED) is 0.230. The van der Waals surface area contributed by atoms with Gasteiger partial charge in [0.25, 0.3) is 17.4 Å². The third-order valence-corrected chi connectivity index (χ3v) is 5.20. The summed E-state index contributed by atoms with van der Waals surface area (Å²) in [5.41, 5.74) is -0.0618. The van der Waals surface area contributed by atoms with Gasteiger partial charge in [0.1, 0.15) is 11.5 Å². The SMILES string of the molecule is CN(C)CCN1C(=O)C(=O)C(=C(O)c2cc(Cl)ccc2O)[C@@H]1c1ccc([N+](=O)[O-])cc1. The molecule has 0 bridgehead atoms. The molecule has 1 fully saturated rings. The van der Waals surface area contributed by atoms with Crippen molar-refractivity contribution in [2.45, 2.75) is 6.04 Å². The topological polar surface area (TPSA) is 124 Å². The average Bonchev–Trinajstić information content (AvgIpc) is 2.98. The van der Waals surface area contributed by atoms with E-state index in [0.29, 0.717) is 12.1 Å². The van der Waals surface area contributed by atoms with E-state index in [4.69, 9.17) is 11.6 Å². The minimum Gasteiger partial charge on any atom is -0.507 e. The molecule has 2 aromatic rings. The number of likely N-dealkylation sites (N-methyl/N-ethyl adjacent to an activating group) is 1. The molecule has 10 heteroatoms. The summed E-state index contributed by atoms with van der Waals surface area (Å²) in [6.07, 6.45) is 0. The van der Waals surface area contributed by atoms with Gasteiger partial charge in [0.05, 0.1) is 22.1 Å². The summed E-state index contributed by atoms with van der Waals surface area (Å²) in [5.74, 6) is -2.62. The molecule has 2 aromatic carbocycles. The number of likely N-dealkylation sites (tertiary alicyclic amines) is 1. The molecule has 1 aliphatic heterocycles. The number of aromatic hydroxyl groups is 1. The fourth-order valence-electron chi connectivity index (χ4n) is 3.39. The second kappa shape index (κ2) is 8.75. The number of phenols is 1. The number of hydrogen-bond donors (Lipinski definition) is 2. The lowest BCUT2D eigenvalue weighted by atomic mass is 9.95. The number of benzene rings is 2. The van der Waals surface area contributed by atoms with Crippen LogP contribution in [0.3, 0.4) is 0 Å². The predicted molar refractivity (Wildman–Crippen MR) is 114 cm³/mol. The highest BCUT2D eigenvalue weighted by atomic mass is 35.5. The number of nitro groups is 1.